The number of hydrogen-bond donors (Lipinski definition) is 2. The summed E-state index contributed by atoms with van der Waals surface area (Å²) in [5.74, 6) is 0.426. The van der Waals surface area contributed by atoms with Gasteiger partial charge in [-0.2, -0.15) is 0 Å². The number of carbonyl (C=O) groups is 1. The van der Waals surface area contributed by atoms with Gasteiger partial charge >= 0.3 is 5.97 Å². The minimum Gasteiger partial charge on any atom is -0.466 e. The number of esters is 1. The molecule has 3 unspecified atom stereocenters. The Bertz CT molecular complexity index is 841. The second-order valence-corrected chi connectivity index (χ2v) is 9.45. The second-order valence-electron chi connectivity index (χ2n) is 7.83. The Balaban J connectivity index is 1.40. The van der Waals surface area contributed by atoms with Crippen molar-refractivity contribution in [3.05, 3.63) is 27.9 Å². The topological polar surface area (TPSA) is 96.1 Å². The van der Waals surface area contributed by atoms with E-state index >= 15 is 0 Å². The van der Waals surface area contributed by atoms with Gasteiger partial charge in [0.1, 0.15) is 0 Å². The lowest BCUT2D eigenvalue weighted by Crippen LogP contribution is -2.69. The lowest BCUT2D eigenvalue weighted by molar-refractivity contribution is -0.136. The lowest BCUT2D eigenvalue weighted by atomic mass is 9.68. The number of likely N-dealkylation sites (tertiary alicyclic amines) is 1. The number of aromatic nitrogens is 1. The molecule has 28 heavy (non-hydrogen) atoms. The standard InChI is InChI=1S/C18H24N6O2S2/c1-26-17(25)11-7-21-15(16-20-5-6-27-16)22-12(11)8-24-13-3-2-4-18(13)10-23(28-19)9-14(18)24/h5-6,13-14H,2-4,7-10,19H2,1H3,(H,21,22). The summed E-state index contributed by atoms with van der Waals surface area (Å²) < 4.78 is 7.31. The van der Waals surface area contributed by atoms with Crippen molar-refractivity contribution in [2.45, 2.75) is 31.3 Å². The molecule has 3 fully saturated rings. The number of hydrogen-bond acceptors (Lipinski definition) is 10. The van der Waals surface area contributed by atoms with Crippen molar-refractivity contribution in [2.75, 3.05) is 33.3 Å². The molecule has 1 aromatic rings. The third-order valence-corrected chi connectivity index (χ3v) is 8.04. The number of aliphatic imine (C=N–C) groups is 1. The number of amidine groups is 1. The van der Waals surface area contributed by atoms with Gasteiger partial charge in [-0.1, -0.05) is 6.42 Å². The maximum absolute atomic E-state index is 12.4. The first-order valence-electron chi connectivity index (χ1n) is 9.55. The fourth-order valence-corrected chi connectivity index (χ4v) is 6.63. The second kappa shape index (κ2) is 7.10. The zero-order valence-electron chi connectivity index (χ0n) is 15.8. The Morgan fingerprint density at radius 1 is 1.54 bits per heavy atom. The van der Waals surface area contributed by atoms with Crippen LogP contribution in [-0.2, 0) is 9.53 Å². The number of carbonyl (C=O) groups excluding carboxylic acids is 1. The van der Waals surface area contributed by atoms with E-state index in [4.69, 9.17) is 9.88 Å². The molecule has 3 atom stereocenters. The smallest absolute Gasteiger partial charge is 0.337 e. The molecule has 3 aliphatic heterocycles. The SMILES string of the molecule is COC(=O)C1=C(CN2C3CCCC34CN(SN)CC24)NC(c2nccs2)=NC1. The number of nitrogens with one attached hydrogen (secondary N) is 1. The van der Waals surface area contributed by atoms with Crippen LogP contribution in [0.1, 0.15) is 24.3 Å². The molecule has 4 heterocycles. The van der Waals surface area contributed by atoms with Crippen LogP contribution >= 0.6 is 23.5 Å². The third kappa shape index (κ3) is 2.73. The number of ether oxygens (including phenoxy) is 1. The largest absolute Gasteiger partial charge is 0.466 e. The highest BCUT2D eigenvalue weighted by molar-refractivity contribution is 7.94. The van der Waals surface area contributed by atoms with E-state index in [1.165, 1.54) is 49.8 Å². The summed E-state index contributed by atoms with van der Waals surface area (Å²) in [5, 5.41) is 12.0. The Morgan fingerprint density at radius 3 is 3.18 bits per heavy atom. The molecule has 1 aliphatic carbocycles. The molecule has 4 aliphatic rings. The molecule has 10 heteroatoms. The summed E-state index contributed by atoms with van der Waals surface area (Å²) in [4.78, 5) is 23.8. The summed E-state index contributed by atoms with van der Waals surface area (Å²) in [7, 11) is 1.42. The Morgan fingerprint density at radius 2 is 2.43 bits per heavy atom. The number of thiazole rings is 1. The number of methoxy groups -OCH3 is 1. The molecule has 1 spiro atoms. The van der Waals surface area contributed by atoms with Gasteiger partial charge < -0.3 is 10.1 Å². The quantitative estimate of drug-likeness (QED) is 0.538. The molecule has 1 saturated carbocycles. The lowest BCUT2D eigenvalue weighted by Gasteiger charge is -2.58. The predicted octanol–water partition coefficient (Wildman–Crippen LogP) is 0.981. The molecule has 150 valence electrons. The van der Waals surface area contributed by atoms with Crippen LogP contribution in [-0.4, -0.2) is 71.4 Å². The van der Waals surface area contributed by atoms with Crippen molar-refractivity contribution in [3.8, 4) is 0 Å². The molecule has 0 aromatic carbocycles. The van der Waals surface area contributed by atoms with Crippen molar-refractivity contribution >= 4 is 35.3 Å². The Hall–Kier alpha value is -1.46. The molecular formula is C18H24N6O2S2. The zero-order valence-corrected chi connectivity index (χ0v) is 17.4. The van der Waals surface area contributed by atoms with E-state index < -0.39 is 0 Å². The van der Waals surface area contributed by atoms with E-state index in [1.54, 1.807) is 6.20 Å². The van der Waals surface area contributed by atoms with Crippen molar-refractivity contribution in [1.82, 2.24) is 19.5 Å². The zero-order chi connectivity index (χ0) is 19.3. The van der Waals surface area contributed by atoms with Crippen molar-refractivity contribution < 1.29 is 9.53 Å². The number of rotatable bonds is 5. The molecule has 0 bridgehead atoms. The molecule has 8 nitrogen and oxygen atoms in total. The van der Waals surface area contributed by atoms with Crippen molar-refractivity contribution in [2.24, 2.45) is 15.5 Å². The highest BCUT2D eigenvalue weighted by atomic mass is 32.2. The van der Waals surface area contributed by atoms with Crippen LogP contribution in [0.4, 0.5) is 0 Å². The van der Waals surface area contributed by atoms with Crippen molar-refractivity contribution in [3.63, 3.8) is 0 Å². The normalized spacial score (nSPS) is 32.4. The van der Waals surface area contributed by atoms with E-state index in [0.717, 1.165) is 29.6 Å². The van der Waals surface area contributed by atoms with E-state index in [9.17, 15) is 4.79 Å². The van der Waals surface area contributed by atoms with Gasteiger partial charge in [-0.3, -0.25) is 15.0 Å². The maximum Gasteiger partial charge on any atom is 0.337 e. The van der Waals surface area contributed by atoms with E-state index in [1.807, 2.05) is 5.38 Å². The average molecular weight is 421 g/mol. The Kier molecular flexibility index (Phi) is 4.71. The van der Waals surface area contributed by atoms with Crippen LogP contribution < -0.4 is 10.5 Å². The van der Waals surface area contributed by atoms with Crippen LogP contribution in [0.3, 0.4) is 0 Å². The highest BCUT2D eigenvalue weighted by Gasteiger charge is 2.66. The van der Waals surface area contributed by atoms with Crippen LogP contribution in [0.25, 0.3) is 0 Å². The third-order valence-electron chi connectivity index (χ3n) is 6.68. The fourth-order valence-electron chi connectivity index (χ4n) is 5.49. The molecule has 3 N–H and O–H groups in total. The molecule has 0 amide bonds. The number of nitrogens with zero attached hydrogens (tertiary/aromatic N) is 4. The van der Waals surface area contributed by atoms with Gasteiger partial charge in [0.05, 0.1) is 19.2 Å². The number of nitrogens with two attached hydrogens (primary N) is 1. The van der Waals surface area contributed by atoms with Crippen LogP contribution in [0.5, 0.6) is 0 Å². The first-order valence-corrected chi connectivity index (χ1v) is 11.3. The summed E-state index contributed by atoms with van der Waals surface area (Å²) in [6, 6.07) is 1.05. The van der Waals surface area contributed by atoms with Gasteiger partial charge in [-0.15, -0.1) is 11.3 Å². The predicted molar refractivity (Wildman–Crippen MR) is 110 cm³/mol. The highest BCUT2D eigenvalue weighted by Crippen LogP contribution is 2.58. The van der Waals surface area contributed by atoms with E-state index in [2.05, 4.69) is 24.5 Å². The van der Waals surface area contributed by atoms with Gasteiger partial charge in [-0.05, 0) is 12.8 Å². The minimum absolute atomic E-state index is 0.312. The maximum atomic E-state index is 12.4. The molecule has 2 saturated heterocycles. The van der Waals surface area contributed by atoms with Crippen LogP contribution in [0.15, 0.2) is 27.8 Å². The summed E-state index contributed by atoms with van der Waals surface area (Å²) >= 11 is 2.90. The summed E-state index contributed by atoms with van der Waals surface area (Å²) in [6.45, 7) is 3.08. The first kappa shape index (κ1) is 18.6. The molecular weight excluding hydrogens is 396 g/mol. The van der Waals surface area contributed by atoms with Gasteiger partial charge in [0.2, 0.25) is 0 Å². The monoisotopic (exact) mass is 420 g/mol. The summed E-state index contributed by atoms with van der Waals surface area (Å²) in [6.07, 6.45) is 5.53. The first-order chi connectivity index (χ1) is 13.7. The van der Waals surface area contributed by atoms with E-state index in [-0.39, 0.29) is 5.97 Å². The van der Waals surface area contributed by atoms with E-state index in [0.29, 0.717) is 36.2 Å². The molecule has 0 radical (unpaired) electrons. The summed E-state index contributed by atoms with van der Waals surface area (Å²) in [5.41, 5.74) is 1.88. The van der Waals surface area contributed by atoms with Crippen LogP contribution in [0.2, 0.25) is 0 Å². The average Bonchev–Trinajstić information content (AvgIpc) is 3.45. The van der Waals surface area contributed by atoms with Crippen LogP contribution in [0, 0.1) is 5.41 Å². The van der Waals surface area contributed by atoms with Gasteiger partial charge in [0.25, 0.3) is 0 Å². The molecule has 5 rings (SSSR count). The van der Waals surface area contributed by atoms with Gasteiger partial charge in [-0.25, -0.2) is 14.1 Å². The Labute approximate surface area is 172 Å². The van der Waals surface area contributed by atoms with Gasteiger partial charge in [0, 0.05) is 66.5 Å². The fraction of sp³-hybridized carbons (Fsp3) is 0.611. The van der Waals surface area contributed by atoms with Gasteiger partial charge in [0.15, 0.2) is 10.8 Å². The minimum atomic E-state index is -0.312. The molecule has 1 aromatic heterocycles. The van der Waals surface area contributed by atoms with Crippen molar-refractivity contribution in [1.29, 1.82) is 0 Å².